The molecule has 3 aromatic carbocycles. The molecule has 0 fully saturated rings. The molecule has 0 aromatic heterocycles. The molecule has 31 heavy (non-hydrogen) atoms. The van der Waals surface area contributed by atoms with Crippen molar-refractivity contribution in [2.24, 2.45) is 5.10 Å². The van der Waals surface area contributed by atoms with E-state index in [0.29, 0.717) is 11.5 Å². The molecule has 0 radical (unpaired) electrons. The lowest BCUT2D eigenvalue weighted by Gasteiger charge is -2.38. The van der Waals surface area contributed by atoms with E-state index in [-0.39, 0.29) is 12.3 Å². The Morgan fingerprint density at radius 3 is 2.35 bits per heavy atom. The molecule has 6 heteroatoms. The SMILES string of the molecule is COc1ccc(C2=NN3[C@H](C2)c2cccc(OC)c2O[C@H]3c2ccccc2)cc1OC. The lowest BCUT2D eigenvalue weighted by Crippen LogP contribution is -2.33. The summed E-state index contributed by atoms with van der Waals surface area (Å²) in [5.74, 6) is 2.90. The van der Waals surface area contributed by atoms with Crippen LogP contribution in [0, 0.1) is 0 Å². The Kier molecular flexibility index (Phi) is 4.90. The number of hydrogen-bond acceptors (Lipinski definition) is 6. The molecule has 0 bridgehead atoms. The first-order valence-electron chi connectivity index (χ1n) is 10.2. The first kappa shape index (κ1) is 19.3. The number of fused-ring (bicyclic) bond motifs is 3. The standard InChI is InChI=1S/C25H24N2O4/c1-28-21-13-12-17(14-23(21)30-3)19-15-20-18-10-7-11-22(29-2)24(18)31-25(27(20)26-19)16-8-5-4-6-9-16/h4-14,20,25H,15H2,1-3H3/t20-,25+/m1/s1. The summed E-state index contributed by atoms with van der Waals surface area (Å²) < 4.78 is 23.0. The molecule has 2 atom stereocenters. The Bertz CT molecular complexity index is 1130. The molecule has 158 valence electrons. The number of para-hydroxylation sites is 1. The highest BCUT2D eigenvalue weighted by atomic mass is 16.5. The van der Waals surface area contributed by atoms with Crippen molar-refractivity contribution in [2.75, 3.05) is 21.3 Å². The third-order valence-corrected chi connectivity index (χ3v) is 5.80. The summed E-state index contributed by atoms with van der Waals surface area (Å²) in [4.78, 5) is 0. The Morgan fingerprint density at radius 1 is 0.839 bits per heavy atom. The third-order valence-electron chi connectivity index (χ3n) is 5.80. The average molecular weight is 416 g/mol. The zero-order valence-electron chi connectivity index (χ0n) is 17.7. The van der Waals surface area contributed by atoms with Gasteiger partial charge in [0.1, 0.15) is 0 Å². The number of methoxy groups -OCH3 is 3. The fraction of sp³-hybridized carbons (Fsp3) is 0.240. The van der Waals surface area contributed by atoms with Crippen LogP contribution < -0.4 is 18.9 Å². The molecule has 5 rings (SSSR count). The van der Waals surface area contributed by atoms with Crippen LogP contribution in [0.4, 0.5) is 0 Å². The van der Waals surface area contributed by atoms with Gasteiger partial charge in [-0.05, 0) is 24.3 Å². The van der Waals surface area contributed by atoms with Gasteiger partial charge in [0.15, 0.2) is 23.0 Å². The lowest BCUT2D eigenvalue weighted by atomic mass is 9.95. The zero-order chi connectivity index (χ0) is 21.4. The van der Waals surface area contributed by atoms with Gasteiger partial charge in [0.25, 0.3) is 0 Å². The predicted molar refractivity (Wildman–Crippen MR) is 118 cm³/mol. The molecule has 0 saturated heterocycles. The van der Waals surface area contributed by atoms with E-state index in [9.17, 15) is 0 Å². The van der Waals surface area contributed by atoms with E-state index >= 15 is 0 Å². The Labute approximate surface area is 181 Å². The van der Waals surface area contributed by atoms with E-state index in [2.05, 4.69) is 23.2 Å². The molecule has 2 aliphatic rings. The van der Waals surface area contributed by atoms with Gasteiger partial charge in [-0.1, -0.05) is 42.5 Å². The number of benzene rings is 3. The van der Waals surface area contributed by atoms with Gasteiger partial charge in [-0.15, -0.1) is 0 Å². The molecule has 0 N–H and O–H groups in total. The van der Waals surface area contributed by atoms with Crippen LogP contribution in [0.15, 0.2) is 71.8 Å². The molecule has 2 aliphatic heterocycles. The van der Waals surface area contributed by atoms with Gasteiger partial charge >= 0.3 is 0 Å². The second-order valence-electron chi connectivity index (χ2n) is 7.48. The summed E-state index contributed by atoms with van der Waals surface area (Å²) in [6, 6.07) is 22.1. The topological polar surface area (TPSA) is 52.5 Å². The number of hydrazone groups is 1. The molecule has 0 amide bonds. The Hall–Kier alpha value is -3.67. The van der Waals surface area contributed by atoms with E-state index in [4.69, 9.17) is 24.0 Å². The second kappa shape index (κ2) is 7.87. The van der Waals surface area contributed by atoms with E-state index in [1.54, 1.807) is 21.3 Å². The molecular formula is C25H24N2O4. The predicted octanol–water partition coefficient (Wildman–Crippen LogP) is 4.95. The normalized spacial score (nSPS) is 19.1. The second-order valence-corrected chi connectivity index (χ2v) is 7.48. The number of hydrogen-bond donors (Lipinski definition) is 0. The number of nitrogens with zero attached hydrogens (tertiary/aromatic N) is 2. The molecule has 6 nitrogen and oxygen atoms in total. The summed E-state index contributed by atoms with van der Waals surface area (Å²) in [6.07, 6.45) is 0.412. The molecule has 0 spiro atoms. The van der Waals surface area contributed by atoms with Gasteiger partial charge in [0.05, 0.1) is 33.1 Å². The fourth-order valence-electron chi connectivity index (χ4n) is 4.27. The monoisotopic (exact) mass is 416 g/mol. The highest BCUT2D eigenvalue weighted by Crippen LogP contribution is 2.50. The van der Waals surface area contributed by atoms with Gasteiger partial charge in [-0.25, -0.2) is 5.01 Å². The highest BCUT2D eigenvalue weighted by Gasteiger charge is 2.42. The molecule has 2 heterocycles. The van der Waals surface area contributed by atoms with Gasteiger partial charge in [-0.3, -0.25) is 0 Å². The first-order valence-corrected chi connectivity index (χ1v) is 10.2. The summed E-state index contributed by atoms with van der Waals surface area (Å²) in [5, 5.41) is 7.07. The van der Waals surface area contributed by atoms with Crippen molar-refractivity contribution >= 4 is 5.71 Å². The first-order chi connectivity index (χ1) is 15.2. The smallest absolute Gasteiger partial charge is 0.214 e. The highest BCUT2D eigenvalue weighted by molar-refractivity contribution is 6.02. The summed E-state index contributed by atoms with van der Waals surface area (Å²) in [7, 11) is 4.95. The van der Waals surface area contributed by atoms with E-state index in [0.717, 1.165) is 40.3 Å². The van der Waals surface area contributed by atoms with E-state index in [1.165, 1.54) is 0 Å². The summed E-state index contributed by atoms with van der Waals surface area (Å²) in [5.41, 5.74) is 4.10. The zero-order valence-corrected chi connectivity index (χ0v) is 17.7. The van der Waals surface area contributed by atoms with Crippen LogP contribution in [0.2, 0.25) is 0 Å². The van der Waals surface area contributed by atoms with Crippen molar-refractivity contribution in [2.45, 2.75) is 18.7 Å². The Balaban J connectivity index is 1.60. The largest absolute Gasteiger partial charge is 0.493 e. The van der Waals surface area contributed by atoms with Crippen molar-refractivity contribution < 1.29 is 18.9 Å². The molecule has 0 saturated carbocycles. The van der Waals surface area contributed by atoms with Crippen LogP contribution in [-0.2, 0) is 0 Å². The maximum absolute atomic E-state index is 6.47. The van der Waals surface area contributed by atoms with Gasteiger partial charge in [-0.2, -0.15) is 5.10 Å². The van der Waals surface area contributed by atoms with Gasteiger partial charge in [0, 0.05) is 23.1 Å². The fourth-order valence-corrected chi connectivity index (χ4v) is 4.27. The molecule has 0 unspecified atom stereocenters. The van der Waals surface area contributed by atoms with Crippen LogP contribution in [0.1, 0.15) is 35.4 Å². The average Bonchev–Trinajstić information content (AvgIpc) is 3.29. The summed E-state index contributed by atoms with van der Waals surface area (Å²) in [6.45, 7) is 0. The minimum Gasteiger partial charge on any atom is -0.493 e. The molecular weight excluding hydrogens is 392 g/mol. The maximum atomic E-state index is 6.47. The minimum atomic E-state index is -0.340. The quantitative estimate of drug-likeness (QED) is 0.589. The van der Waals surface area contributed by atoms with E-state index in [1.807, 2.05) is 48.5 Å². The van der Waals surface area contributed by atoms with Crippen LogP contribution >= 0.6 is 0 Å². The van der Waals surface area contributed by atoms with Crippen LogP contribution in [0.5, 0.6) is 23.0 Å². The van der Waals surface area contributed by atoms with Crippen molar-refractivity contribution in [3.8, 4) is 23.0 Å². The van der Waals surface area contributed by atoms with Gasteiger partial charge < -0.3 is 18.9 Å². The van der Waals surface area contributed by atoms with Crippen LogP contribution in [0.3, 0.4) is 0 Å². The van der Waals surface area contributed by atoms with Crippen LogP contribution in [-0.4, -0.2) is 32.0 Å². The van der Waals surface area contributed by atoms with Crippen molar-refractivity contribution in [3.05, 3.63) is 83.4 Å². The maximum Gasteiger partial charge on any atom is 0.214 e. The van der Waals surface area contributed by atoms with Crippen molar-refractivity contribution in [1.82, 2.24) is 5.01 Å². The van der Waals surface area contributed by atoms with Crippen molar-refractivity contribution in [1.29, 1.82) is 0 Å². The molecule has 0 aliphatic carbocycles. The number of ether oxygens (including phenoxy) is 4. The van der Waals surface area contributed by atoms with E-state index < -0.39 is 0 Å². The third kappa shape index (κ3) is 3.24. The minimum absolute atomic E-state index is 0.0483. The number of rotatable bonds is 5. The Morgan fingerprint density at radius 2 is 1.61 bits per heavy atom. The summed E-state index contributed by atoms with van der Waals surface area (Å²) >= 11 is 0. The van der Waals surface area contributed by atoms with Gasteiger partial charge in [0.2, 0.25) is 6.23 Å². The lowest BCUT2D eigenvalue weighted by molar-refractivity contribution is -0.0209. The van der Waals surface area contributed by atoms with Crippen molar-refractivity contribution in [3.63, 3.8) is 0 Å². The molecule has 3 aromatic rings. The van der Waals surface area contributed by atoms with Crippen LogP contribution in [0.25, 0.3) is 0 Å².